The van der Waals surface area contributed by atoms with E-state index in [-0.39, 0.29) is 11.7 Å². The van der Waals surface area contributed by atoms with Crippen molar-refractivity contribution in [3.8, 4) is 0 Å². The highest BCUT2D eigenvalue weighted by molar-refractivity contribution is 5.87. The number of carbonyl (C=O) groups excluding carboxylic acids is 1. The lowest BCUT2D eigenvalue weighted by atomic mass is 10.0. The fourth-order valence-electron chi connectivity index (χ4n) is 2.60. The van der Waals surface area contributed by atoms with E-state index < -0.39 is 0 Å². The highest BCUT2D eigenvalue weighted by Crippen LogP contribution is 2.21. The fraction of sp³-hybridized carbons (Fsp3) is 0.400. The molecule has 1 saturated heterocycles. The van der Waals surface area contributed by atoms with E-state index in [1.807, 2.05) is 16.8 Å². The summed E-state index contributed by atoms with van der Waals surface area (Å²) in [6, 6.07) is 8.29. The van der Waals surface area contributed by atoms with E-state index in [4.69, 9.17) is 4.74 Å². The number of fused-ring (bicyclic) bond motifs is 1. The van der Waals surface area contributed by atoms with E-state index in [0.717, 1.165) is 18.5 Å². The first-order valence-electron chi connectivity index (χ1n) is 6.40. The molecular formula is C15H17NO2. The van der Waals surface area contributed by atoms with Gasteiger partial charge in [0.25, 0.3) is 0 Å². The largest absolute Gasteiger partial charge is 0.381 e. The predicted octanol–water partition coefficient (Wildman–Crippen LogP) is 2.56. The molecule has 0 bridgehead atoms. The van der Waals surface area contributed by atoms with Crippen molar-refractivity contribution in [2.24, 2.45) is 5.92 Å². The minimum absolute atomic E-state index is 0.0901. The lowest BCUT2D eigenvalue weighted by Crippen LogP contribution is -2.19. The summed E-state index contributed by atoms with van der Waals surface area (Å²) in [6.07, 6.45) is 2.88. The van der Waals surface area contributed by atoms with E-state index in [9.17, 15) is 4.79 Å². The third-order valence-electron chi connectivity index (χ3n) is 3.74. The van der Waals surface area contributed by atoms with Crippen LogP contribution in [-0.2, 0) is 16.1 Å². The van der Waals surface area contributed by atoms with Crippen molar-refractivity contribution in [1.82, 2.24) is 4.57 Å². The minimum atomic E-state index is 0.0901. The van der Waals surface area contributed by atoms with Crippen LogP contribution in [0, 0.1) is 12.8 Å². The molecule has 1 aliphatic heterocycles. The number of ether oxygens (including phenoxy) is 1. The summed E-state index contributed by atoms with van der Waals surface area (Å²) in [6.45, 7) is 3.87. The second-order valence-electron chi connectivity index (χ2n) is 4.98. The normalized spacial score (nSPS) is 19.5. The van der Waals surface area contributed by atoms with Crippen molar-refractivity contribution in [3.05, 3.63) is 36.0 Å². The summed E-state index contributed by atoms with van der Waals surface area (Å²) < 4.78 is 7.32. The molecule has 2 aromatic rings. The molecule has 0 aliphatic carbocycles. The van der Waals surface area contributed by atoms with Crippen molar-refractivity contribution in [2.45, 2.75) is 19.9 Å². The Hall–Kier alpha value is -1.61. The summed E-state index contributed by atoms with van der Waals surface area (Å²) in [5.41, 5.74) is 2.39. The smallest absolute Gasteiger partial charge is 0.157 e. The summed E-state index contributed by atoms with van der Waals surface area (Å²) in [5.74, 6) is 0.374. The number of nitrogens with zero attached hydrogens (tertiary/aromatic N) is 1. The van der Waals surface area contributed by atoms with Crippen molar-refractivity contribution in [3.63, 3.8) is 0 Å². The minimum Gasteiger partial charge on any atom is -0.381 e. The summed E-state index contributed by atoms with van der Waals surface area (Å²) in [4.78, 5) is 12.1. The van der Waals surface area contributed by atoms with Gasteiger partial charge < -0.3 is 9.30 Å². The molecule has 1 atom stereocenters. The molecule has 1 aromatic heterocycles. The molecule has 3 rings (SSSR count). The number of aromatic nitrogens is 1. The average Bonchev–Trinajstić information content (AvgIpc) is 2.99. The molecule has 1 aromatic carbocycles. The van der Waals surface area contributed by atoms with Gasteiger partial charge in [-0.15, -0.1) is 0 Å². The first-order valence-corrected chi connectivity index (χ1v) is 6.40. The van der Waals surface area contributed by atoms with Crippen LogP contribution in [0.3, 0.4) is 0 Å². The van der Waals surface area contributed by atoms with Crippen molar-refractivity contribution >= 4 is 16.7 Å². The van der Waals surface area contributed by atoms with Gasteiger partial charge in [-0.3, -0.25) is 4.79 Å². The number of Topliss-reactive ketones (excluding diaryl/α,β-unsaturated/α-hetero) is 1. The quantitative estimate of drug-likeness (QED) is 0.829. The van der Waals surface area contributed by atoms with Crippen LogP contribution in [0.15, 0.2) is 30.5 Å². The van der Waals surface area contributed by atoms with E-state index in [1.165, 1.54) is 10.9 Å². The number of carbonyl (C=O) groups is 1. The van der Waals surface area contributed by atoms with Crippen LogP contribution >= 0.6 is 0 Å². The highest BCUT2D eigenvalue weighted by Gasteiger charge is 2.23. The van der Waals surface area contributed by atoms with Crippen LogP contribution in [0.2, 0.25) is 0 Å². The number of rotatable bonds is 3. The Morgan fingerprint density at radius 1 is 1.44 bits per heavy atom. The maximum absolute atomic E-state index is 12.1. The molecule has 18 heavy (non-hydrogen) atoms. The Bertz CT molecular complexity index is 579. The zero-order valence-electron chi connectivity index (χ0n) is 10.6. The predicted molar refractivity (Wildman–Crippen MR) is 70.6 cm³/mol. The van der Waals surface area contributed by atoms with Gasteiger partial charge in [0, 0.05) is 29.6 Å². The van der Waals surface area contributed by atoms with Gasteiger partial charge in [0.2, 0.25) is 0 Å². The molecule has 0 amide bonds. The van der Waals surface area contributed by atoms with Gasteiger partial charge >= 0.3 is 0 Å². The average molecular weight is 243 g/mol. The molecule has 2 heterocycles. The summed E-state index contributed by atoms with van der Waals surface area (Å²) in [7, 11) is 0. The van der Waals surface area contributed by atoms with Gasteiger partial charge in [0.1, 0.15) is 0 Å². The third kappa shape index (κ3) is 1.95. The Kier molecular flexibility index (Phi) is 2.92. The number of aryl methyl sites for hydroxylation is 1. The number of benzene rings is 1. The zero-order chi connectivity index (χ0) is 12.5. The third-order valence-corrected chi connectivity index (χ3v) is 3.74. The van der Waals surface area contributed by atoms with Gasteiger partial charge in [-0.2, -0.15) is 0 Å². The van der Waals surface area contributed by atoms with E-state index in [2.05, 4.69) is 25.1 Å². The molecular weight excluding hydrogens is 226 g/mol. The second kappa shape index (κ2) is 4.58. The van der Waals surface area contributed by atoms with E-state index in [0.29, 0.717) is 13.2 Å². The molecule has 3 nitrogen and oxygen atoms in total. The van der Waals surface area contributed by atoms with Crippen LogP contribution in [0.1, 0.15) is 12.0 Å². The fourth-order valence-corrected chi connectivity index (χ4v) is 2.60. The molecule has 1 aliphatic rings. The van der Waals surface area contributed by atoms with Crippen molar-refractivity contribution in [1.29, 1.82) is 0 Å². The number of hydrogen-bond donors (Lipinski definition) is 0. The van der Waals surface area contributed by atoms with Crippen LogP contribution in [-0.4, -0.2) is 23.6 Å². The Labute approximate surface area is 106 Å². The first kappa shape index (κ1) is 11.5. The maximum Gasteiger partial charge on any atom is 0.157 e. The molecule has 1 fully saturated rings. The standard InChI is InChI=1S/C15H17NO2/c1-11-3-2-4-14-13(11)5-7-16(14)9-15(17)12-6-8-18-10-12/h2-5,7,12H,6,8-10H2,1H3. The highest BCUT2D eigenvalue weighted by atomic mass is 16.5. The first-order chi connectivity index (χ1) is 8.75. The van der Waals surface area contributed by atoms with E-state index in [1.54, 1.807) is 0 Å². The molecule has 3 heteroatoms. The number of ketones is 1. The van der Waals surface area contributed by atoms with Gasteiger partial charge in [-0.05, 0) is 31.0 Å². The van der Waals surface area contributed by atoms with Crippen LogP contribution in [0.5, 0.6) is 0 Å². The lowest BCUT2D eigenvalue weighted by molar-refractivity contribution is -0.123. The Morgan fingerprint density at radius 3 is 3.11 bits per heavy atom. The van der Waals surface area contributed by atoms with Crippen LogP contribution in [0.4, 0.5) is 0 Å². The SMILES string of the molecule is Cc1cccc2c1ccn2CC(=O)C1CCOC1. The van der Waals surface area contributed by atoms with Gasteiger partial charge in [0.05, 0.1) is 13.2 Å². The van der Waals surface area contributed by atoms with Gasteiger partial charge in [0.15, 0.2) is 5.78 Å². The molecule has 1 unspecified atom stereocenters. The van der Waals surface area contributed by atoms with E-state index >= 15 is 0 Å². The van der Waals surface area contributed by atoms with Crippen molar-refractivity contribution < 1.29 is 9.53 Å². The topological polar surface area (TPSA) is 31.2 Å². The Balaban J connectivity index is 1.86. The van der Waals surface area contributed by atoms with Gasteiger partial charge in [-0.1, -0.05) is 12.1 Å². The molecule has 0 spiro atoms. The monoisotopic (exact) mass is 243 g/mol. The van der Waals surface area contributed by atoms with Crippen molar-refractivity contribution in [2.75, 3.05) is 13.2 Å². The number of hydrogen-bond acceptors (Lipinski definition) is 2. The molecule has 0 N–H and O–H groups in total. The van der Waals surface area contributed by atoms with Gasteiger partial charge in [-0.25, -0.2) is 0 Å². The zero-order valence-corrected chi connectivity index (χ0v) is 10.6. The Morgan fingerprint density at radius 2 is 2.33 bits per heavy atom. The molecule has 0 radical (unpaired) electrons. The summed E-state index contributed by atoms with van der Waals surface area (Å²) >= 11 is 0. The lowest BCUT2D eigenvalue weighted by Gasteiger charge is -2.09. The molecule has 0 saturated carbocycles. The second-order valence-corrected chi connectivity index (χ2v) is 4.98. The molecule has 94 valence electrons. The summed E-state index contributed by atoms with van der Waals surface area (Å²) in [5, 5.41) is 1.23. The maximum atomic E-state index is 12.1. The van der Waals surface area contributed by atoms with Crippen LogP contribution < -0.4 is 0 Å². The van der Waals surface area contributed by atoms with Crippen LogP contribution in [0.25, 0.3) is 10.9 Å².